The Hall–Kier alpha value is -2.77. The first kappa shape index (κ1) is 18.0. The van der Waals surface area contributed by atoms with Crippen molar-refractivity contribution in [3.63, 3.8) is 0 Å². The van der Waals surface area contributed by atoms with E-state index in [4.69, 9.17) is 31.2 Å². The molecule has 2 N–H and O–H groups in total. The number of carbonyl (C=O) groups is 1. The number of halogens is 1. The molecular weight excluding hydrogens is 358 g/mol. The third-order valence-corrected chi connectivity index (χ3v) is 4.13. The molecule has 7 nitrogen and oxygen atoms in total. The highest BCUT2D eigenvalue weighted by Crippen LogP contribution is 2.31. The summed E-state index contributed by atoms with van der Waals surface area (Å²) in [4.78, 5) is 17.8. The largest absolute Gasteiger partial charge is 0.495 e. The van der Waals surface area contributed by atoms with Gasteiger partial charge in [-0.05, 0) is 30.3 Å². The summed E-state index contributed by atoms with van der Waals surface area (Å²) in [5, 5.41) is 0.485. The summed E-state index contributed by atoms with van der Waals surface area (Å²) in [6.45, 7) is 0.716. The highest BCUT2D eigenvalue weighted by atomic mass is 35.5. The SMILES string of the molecule is COCCN1C(=O)/C(=C\c2ccc(-c3ccc(OC)c(Cl)c3)o2)N=C1N. The molecule has 1 amide bonds. The molecule has 0 fully saturated rings. The van der Waals surface area contributed by atoms with Crippen molar-refractivity contribution in [2.24, 2.45) is 10.7 Å². The van der Waals surface area contributed by atoms with Crippen molar-refractivity contribution >= 4 is 29.5 Å². The third-order valence-electron chi connectivity index (χ3n) is 3.84. The molecule has 0 saturated heterocycles. The van der Waals surface area contributed by atoms with E-state index < -0.39 is 0 Å². The van der Waals surface area contributed by atoms with Gasteiger partial charge in [-0.15, -0.1) is 0 Å². The lowest BCUT2D eigenvalue weighted by Gasteiger charge is -2.13. The Bertz CT molecular complexity index is 888. The molecular formula is C18H18ClN3O4. The van der Waals surface area contributed by atoms with Crippen LogP contribution in [-0.4, -0.2) is 44.1 Å². The number of furan rings is 1. The molecule has 1 aromatic carbocycles. The second kappa shape index (κ2) is 7.63. The third kappa shape index (κ3) is 3.58. The van der Waals surface area contributed by atoms with Gasteiger partial charge in [-0.2, -0.15) is 0 Å². The molecule has 0 unspecified atom stereocenters. The number of ether oxygens (including phenoxy) is 2. The van der Waals surface area contributed by atoms with Crippen LogP contribution in [0.25, 0.3) is 17.4 Å². The van der Waals surface area contributed by atoms with Gasteiger partial charge in [-0.1, -0.05) is 11.6 Å². The van der Waals surface area contributed by atoms with E-state index >= 15 is 0 Å². The summed E-state index contributed by atoms with van der Waals surface area (Å²) in [5.74, 6) is 1.54. The number of hydrogen-bond donors (Lipinski definition) is 1. The summed E-state index contributed by atoms with van der Waals surface area (Å²) >= 11 is 6.15. The van der Waals surface area contributed by atoms with Crippen molar-refractivity contribution in [1.82, 2.24) is 4.90 Å². The summed E-state index contributed by atoms with van der Waals surface area (Å²) in [5.41, 5.74) is 6.81. The number of aliphatic imine (C=N–C) groups is 1. The minimum absolute atomic E-state index is 0.145. The lowest BCUT2D eigenvalue weighted by atomic mass is 10.2. The zero-order chi connectivity index (χ0) is 18.7. The van der Waals surface area contributed by atoms with Gasteiger partial charge in [0.05, 0.1) is 25.3 Å². The van der Waals surface area contributed by atoms with Gasteiger partial charge in [0.1, 0.15) is 23.0 Å². The number of amides is 1. The summed E-state index contributed by atoms with van der Waals surface area (Å²) in [7, 11) is 3.11. The molecule has 1 aromatic heterocycles. The Balaban J connectivity index is 1.81. The van der Waals surface area contributed by atoms with Gasteiger partial charge in [0.15, 0.2) is 0 Å². The molecule has 3 rings (SSSR count). The Labute approximate surface area is 155 Å². The van der Waals surface area contributed by atoms with Crippen LogP contribution < -0.4 is 10.5 Å². The van der Waals surface area contributed by atoms with E-state index in [-0.39, 0.29) is 17.6 Å². The Morgan fingerprint density at radius 2 is 2.12 bits per heavy atom. The van der Waals surface area contributed by atoms with E-state index in [0.717, 1.165) is 5.56 Å². The first-order valence-electron chi connectivity index (χ1n) is 7.84. The smallest absolute Gasteiger partial charge is 0.279 e. The van der Waals surface area contributed by atoms with Crippen molar-refractivity contribution in [2.75, 3.05) is 27.4 Å². The van der Waals surface area contributed by atoms with Crippen LogP contribution in [0.1, 0.15) is 5.76 Å². The van der Waals surface area contributed by atoms with E-state index in [9.17, 15) is 4.79 Å². The van der Waals surface area contributed by atoms with Crippen LogP contribution in [0.5, 0.6) is 5.75 Å². The molecule has 136 valence electrons. The standard InChI is InChI=1S/C18H18ClN3O4/c1-24-8-7-22-17(23)14(21-18(22)20)10-12-4-6-15(26-12)11-3-5-16(25-2)13(19)9-11/h3-6,9-10H,7-8H2,1-2H3,(H2,20,21)/b14-10+. The molecule has 26 heavy (non-hydrogen) atoms. The zero-order valence-electron chi connectivity index (χ0n) is 14.4. The lowest BCUT2D eigenvalue weighted by molar-refractivity contribution is -0.123. The molecule has 0 atom stereocenters. The average molecular weight is 376 g/mol. The molecule has 2 aromatic rings. The van der Waals surface area contributed by atoms with Gasteiger partial charge in [-0.3, -0.25) is 9.69 Å². The number of rotatable bonds is 6. The molecule has 0 saturated carbocycles. The minimum atomic E-state index is -0.287. The van der Waals surface area contributed by atoms with Gasteiger partial charge >= 0.3 is 0 Å². The molecule has 8 heteroatoms. The highest BCUT2D eigenvalue weighted by molar-refractivity contribution is 6.32. The van der Waals surface area contributed by atoms with Crippen molar-refractivity contribution in [1.29, 1.82) is 0 Å². The first-order valence-corrected chi connectivity index (χ1v) is 8.21. The van der Waals surface area contributed by atoms with Gasteiger partial charge in [0, 0.05) is 18.7 Å². The second-order valence-corrected chi connectivity index (χ2v) is 5.91. The summed E-state index contributed by atoms with van der Waals surface area (Å²) < 4.78 is 15.9. The van der Waals surface area contributed by atoms with Gasteiger partial charge in [0.25, 0.3) is 5.91 Å². The van der Waals surface area contributed by atoms with Crippen LogP contribution in [0.3, 0.4) is 0 Å². The van der Waals surface area contributed by atoms with Gasteiger partial charge in [0.2, 0.25) is 5.96 Å². The molecule has 0 bridgehead atoms. The normalized spacial score (nSPS) is 15.7. The molecule has 1 aliphatic rings. The van der Waals surface area contributed by atoms with Crippen LogP contribution in [0, 0.1) is 0 Å². The van der Waals surface area contributed by atoms with Crippen LogP contribution >= 0.6 is 11.6 Å². The fraction of sp³-hybridized carbons (Fsp3) is 0.222. The molecule has 0 spiro atoms. The Morgan fingerprint density at radius 1 is 1.31 bits per heavy atom. The van der Waals surface area contributed by atoms with Gasteiger partial charge < -0.3 is 19.6 Å². The minimum Gasteiger partial charge on any atom is -0.495 e. The van der Waals surface area contributed by atoms with Crippen LogP contribution in [0.2, 0.25) is 5.02 Å². The van der Waals surface area contributed by atoms with Crippen LogP contribution in [-0.2, 0) is 9.53 Å². The first-order chi connectivity index (χ1) is 12.5. The maximum absolute atomic E-state index is 12.4. The number of benzene rings is 1. The van der Waals surface area contributed by atoms with Crippen molar-refractivity contribution in [2.45, 2.75) is 0 Å². The molecule has 0 aliphatic carbocycles. The number of guanidine groups is 1. The van der Waals surface area contributed by atoms with Gasteiger partial charge in [-0.25, -0.2) is 4.99 Å². The Morgan fingerprint density at radius 3 is 2.81 bits per heavy atom. The van der Waals surface area contributed by atoms with Crippen molar-refractivity contribution in [3.8, 4) is 17.1 Å². The van der Waals surface area contributed by atoms with E-state index in [2.05, 4.69) is 4.99 Å². The predicted molar refractivity (Wildman–Crippen MR) is 98.9 cm³/mol. The monoisotopic (exact) mass is 375 g/mol. The number of methoxy groups -OCH3 is 2. The number of hydrogen-bond acceptors (Lipinski definition) is 6. The van der Waals surface area contributed by atoms with E-state index in [1.807, 2.05) is 6.07 Å². The fourth-order valence-corrected chi connectivity index (χ4v) is 2.76. The average Bonchev–Trinajstić information content (AvgIpc) is 3.19. The lowest BCUT2D eigenvalue weighted by Crippen LogP contribution is -2.39. The van der Waals surface area contributed by atoms with E-state index in [1.165, 1.54) is 4.90 Å². The van der Waals surface area contributed by atoms with Crippen LogP contribution in [0.15, 0.2) is 45.4 Å². The Kier molecular flexibility index (Phi) is 5.29. The number of nitrogens with zero attached hydrogens (tertiary/aromatic N) is 2. The predicted octanol–water partition coefficient (Wildman–Crippen LogP) is 2.75. The van der Waals surface area contributed by atoms with Crippen LogP contribution in [0.4, 0.5) is 0 Å². The van der Waals surface area contributed by atoms with Crippen molar-refractivity contribution < 1.29 is 18.7 Å². The fourth-order valence-electron chi connectivity index (χ4n) is 2.51. The summed E-state index contributed by atoms with van der Waals surface area (Å²) in [6.07, 6.45) is 1.55. The molecule has 0 radical (unpaired) electrons. The number of carbonyl (C=O) groups excluding carboxylic acids is 1. The molecule has 2 heterocycles. The van der Waals surface area contributed by atoms with Crippen molar-refractivity contribution in [3.05, 3.63) is 46.8 Å². The zero-order valence-corrected chi connectivity index (χ0v) is 15.1. The molecule has 1 aliphatic heterocycles. The van der Waals surface area contributed by atoms with E-state index in [1.54, 1.807) is 44.6 Å². The topological polar surface area (TPSA) is 90.3 Å². The summed E-state index contributed by atoms with van der Waals surface area (Å²) in [6, 6.07) is 8.89. The highest BCUT2D eigenvalue weighted by Gasteiger charge is 2.28. The van der Waals surface area contributed by atoms with E-state index in [0.29, 0.717) is 35.4 Å². The number of nitrogens with two attached hydrogens (primary N) is 1. The quantitative estimate of drug-likeness (QED) is 0.784. The maximum atomic E-state index is 12.4. The second-order valence-electron chi connectivity index (χ2n) is 5.50. The maximum Gasteiger partial charge on any atom is 0.279 e.